The van der Waals surface area contributed by atoms with E-state index >= 15 is 0 Å². The van der Waals surface area contributed by atoms with Crippen molar-refractivity contribution in [1.29, 1.82) is 0 Å². The van der Waals surface area contributed by atoms with Crippen molar-refractivity contribution in [1.82, 2.24) is 15.1 Å². The summed E-state index contributed by atoms with van der Waals surface area (Å²) >= 11 is 0. The fraction of sp³-hybridized carbons (Fsp3) is 0.286. The van der Waals surface area contributed by atoms with Crippen LogP contribution in [0, 0.1) is 6.92 Å². The maximum absolute atomic E-state index is 12.2. The first-order chi connectivity index (χ1) is 9.11. The maximum atomic E-state index is 12.2. The molecule has 2 N–H and O–H groups in total. The molecule has 1 aromatic heterocycles. The zero-order chi connectivity index (χ0) is 13.8. The Morgan fingerprint density at radius 1 is 1.35 bits per heavy atom. The number of para-hydroxylation sites is 1. The van der Waals surface area contributed by atoms with Gasteiger partial charge in [0, 0.05) is 25.5 Å². The van der Waals surface area contributed by atoms with Crippen LogP contribution in [0.25, 0.3) is 0 Å². The Kier molecular flexibility index (Phi) is 5.73. The van der Waals surface area contributed by atoms with Gasteiger partial charge in [-0.1, -0.05) is 18.2 Å². The second-order valence-corrected chi connectivity index (χ2v) is 4.44. The number of amides is 1. The lowest BCUT2D eigenvalue weighted by Gasteiger charge is -2.10. The molecular weight excluding hydrogens is 276 g/mol. The lowest BCUT2D eigenvalue weighted by Crippen LogP contribution is -2.15. The number of nitrogens with one attached hydrogen (secondary N) is 2. The number of nitrogens with zero attached hydrogens (tertiary/aromatic N) is 2. The highest BCUT2D eigenvalue weighted by Crippen LogP contribution is 2.16. The average molecular weight is 295 g/mol. The van der Waals surface area contributed by atoms with Gasteiger partial charge in [-0.2, -0.15) is 5.10 Å². The first kappa shape index (κ1) is 16.2. The fourth-order valence-corrected chi connectivity index (χ4v) is 2.00. The zero-order valence-electron chi connectivity index (χ0n) is 11.8. The van der Waals surface area contributed by atoms with Crippen LogP contribution in [0.5, 0.6) is 0 Å². The minimum Gasteiger partial charge on any atom is -0.322 e. The molecule has 20 heavy (non-hydrogen) atoms. The highest BCUT2D eigenvalue weighted by atomic mass is 35.5. The Balaban J connectivity index is 0.00000200. The van der Waals surface area contributed by atoms with Gasteiger partial charge in [-0.25, -0.2) is 0 Å². The van der Waals surface area contributed by atoms with Crippen LogP contribution in [-0.4, -0.2) is 22.7 Å². The fourth-order valence-electron chi connectivity index (χ4n) is 2.00. The average Bonchev–Trinajstić information content (AvgIpc) is 2.71. The molecule has 6 heteroatoms. The summed E-state index contributed by atoms with van der Waals surface area (Å²) in [5.74, 6) is -0.130. The van der Waals surface area contributed by atoms with Crippen molar-refractivity contribution in [3.8, 4) is 0 Å². The van der Waals surface area contributed by atoms with Crippen LogP contribution >= 0.6 is 12.4 Å². The monoisotopic (exact) mass is 294 g/mol. The van der Waals surface area contributed by atoms with E-state index in [1.807, 2.05) is 38.2 Å². The SMILES string of the molecule is CNCc1ccccc1NC(=O)c1cn(C)nc1C.Cl. The molecule has 0 radical (unpaired) electrons. The third kappa shape index (κ3) is 3.59. The molecule has 1 amide bonds. The predicted octanol–water partition coefficient (Wildman–Crippen LogP) is 2.12. The van der Waals surface area contributed by atoms with Crippen molar-refractivity contribution in [2.24, 2.45) is 7.05 Å². The van der Waals surface area contributed by atoms with Gasteiger partial charge in [0.2, 0.25) is 0 Å². The molecule has 1 aromatic carbocycles. The normalized spacial score (nSPS) is 9.95. The second kappa shape index (κ2) is 7.07. The van der Waals surface area contributed by atoms with Crippen LogP contribution in [0.3, 0.4) is 0 Å². The molecule has 0 saturated carbocycles. The second-order valence-electron chi connectivity index (χ2n) is 4.44. The van der Waals surface area contributed by atoms with E-state index in [1.165, 1.54) is 0 Å². The summed E-state index contributed by atoms with van der Waals surface area (Å²) in [6.45, 7) is 2.54. The molecule has 0 aliphatic rings. The van der Waals surface area contributed by atoms with Crippen molar-refractivity contribution in [3.63, 3.8) is 0 Å². The minimum atomic E-state index is -0.130. The van der Waals surface area contributed by atoms with Gasteiger partial charge in [0.05, 0.1) is 11.3 Å². The summed E-state index contributed by atoms with van der Waals surface area (Å²) in [5, 5.41) is 10.2. The van der Waals surface area contributed by atoms with Crippen molar-refractivity contribution in [2.75, 3.05) is 12.4 Å². The molecule has 0 fully saturated rings. The summed E-state index contributed by atoms with van der Waals surface area (Å²) in [6, 6.07) is 7.75. The van der Waals surface area contributed by atoms with E-state index in [4.69, 9.17) is 0 Å². The lowest BCUT2D eigenvalue weighted by atomic mass is 10.1. The first-order valence-electron chi connectivity index (χ1n) is 6.16. The molecule has 0 saturated heterocycles. The number of hydrogen-bond donors (Lipinski definition) is 2. The van der Waals surface area contributed by atoms with Gasteiger partial charge in [0.25, 0.3) is 5.91 Å². The van der Waals surface area contributed by atoms with E-state index in [1.54, 1.807) is 17.9 Å². The van der Waals surface area contributed by atoms with Crippen LogP contribution in [0.15, 0.2) is 30.5 Å². The van der Waals surface area contributed by atoms with Gasteiger partial charge >= 0.3 is 0 Å². The standard InChI is InChI=1S/C14H18N4O.ClH/c1-10-12(9-18(3)17-10)14(19)16-13-7-5-4-6-11(13)8-15-2;/h4-7,9,15H,8H2,1-3H3,(H,16,19);1H. The number of rotatable bonds is 4. The number of halogens is 1. The smallest absolute Gasteiger partial charge is 0.259 e. The van der Waals surface area contributed by atoms with E-state index in [-0.39, 0.29) is 18.3 Å². The molecule has 0 unspecified atom stereocenters. The molecule has 0 aliphatic carbocycles. The van der Waals surface area contributed by atoms with Crippen LogP contribution in [0.1, 0.15) is 21.6 Å². The molecule has 0 bridgehead atoms. The summed E-state index contributed by atoms with van der Waals surface area (Å²) in [7, 11) is 3.68. The molecule has 0 aliphatic heterocycles. The third-order valence-corrected chi connectivity index (χ3v) is 2.89. The van der Waals surface area contributed by atoms with Crippen LogP contribution in [0.2, 0.25) is 0 Å². The lowest BCUT2D eigenvalue weighted by molar-refractivity contribution is 0.102. The van der Waals surface area contributed by atoms with Gasteiger partial charge in [0.1, 0.15) is 0 Å². The molecule has 1 heterocycles. The van der Waals surface area contributed by atoms with Crippen LogP contribution in [0.4, 0.5) is 5.69 Å². The van der Waals surface area contributed by atoms with E-state index in [9.17, 15) is 4.79 Å². The summed E-state index contributed by atoms with van der Waals surface area (Å²) in [4.78, 5) is 12.2. The Morgan fingerprint density at radius 3 is 2.65 bits per heavy atom. The maximum Gasteiger partial charge on any atom is 0.259 e. The highest BCUT2D eigenvalue weighted by molar-refractivity contribution is 6.05. The van der Waals surface area contributed by atoms with E-state index in [2.05, 4.69) is 15.7 Å². The number of aryl methyl sites for hydroxylation is 2. The molecule has 5 nitrogen and oxygen atoms in total. The molecule has 108 valence electrons. The summed E-state index contributed by atoms with van der Waals surface area (Å²) < 4.78 is 1.64. The first-order valence-corrected chi connectivity index (χ1v) is 6.16. The summed E-state index contributed by atoms with van der Waals surface area (Å²) in [5.41, 5.74) is 3.21. The number of carbonyl (C=O) groups excluding carboxylic acids is 1. The van der Waals surface area contributed by atoms with Crippen molar-refractivity contribution in [3.05, 3.63) is 47.3 Å². The zero-order valence-corrected chi connectivity index (χ0v) is 12.6. The Hall–Kier alpha value is -1.85. The number of benzene rings is 1. The van der Waals surface area contributed by atoms with Crippen LogP contribution < -0.4 is 10.6 Å². The van der Waals surface area contributed by atoms with E-state index in [0.29, 0.717) is 12.1 Å². The molecule has 2 aromatic rings. The Labute approximate surface area is 124 Å². The quantitative estimate of drug-likeness (QED) is 0.908. The Bertz CT molecular complexity index is 595. The van der Waals surface area contributed by atoms with E-state index < -0.39 is 0 Å². The topological polar surface area (TPSA) is 58.9 Å². The number of anilines is 1. The molecule has 0 spiro atoms. The van der Waals surface area contributed by atoms with Crippen LogP contribution in [-0.2, 0) is 13.6 Å². The number of hydrogen-bond acceptors (Lipinski definition) is 3. The number of aromatic nitrogens is 2. The molecular formula is C14H19ClN4O. The van der Waals surface area contributed by atoms with Crippen molar-refractivity contribution < 1.29 is 4.79 Å². The molecule has 2 rings (SSSR count). The largest absolute Gasteiger partial charge is 0.322 e. The van der Waals surface area contributed by atoms with Gasteiger partial charge in [-0.05, 0) is 25.6 Å². The number of carbonyl (C=O) groups is 1. The van der Waals surface area contributed by atoms with Gasteiger partial charge in [0.15, 0.2) is 0 Å². The predicted molar refractivity (Wildman–Crippen MR) is 82.4 cm³/mol. The Morgan fingerprint density at radius 2 is 2.05 bits per heavy atom. The minimum absolute atomic E-state index is 0. The van der Waals surface area contributed by atoms with Gasteiger partial charge in [-0.15, -0.1) is 12.4 Å². The van der Waals surface area contributed by atoms with Gasteiger partial charge < -0.3 is 10.6 Å². The summed E-state index contributed by atoms with van der Waals surface area (Å²) in [6.07, 6.45) is 1.73. The molecule has 0 atom stereocenters. The third-order valence-electron chi connectivity index (χ3n) is 2.89. The van der Waals surface area contributed by atoms with E-state index in [0.717, 1.165) is 16.9 Å². The van der Waals surface area contributed by atoms with Crippen molar-refractivity contribution >= 4 is 24.0 Å². The van der Waals surface area contributed by atoms with Crippen molar-refractivity contribution in [2.45, 2.75) is 13.5 Å². The highest BCUT2D eigenvalue weighted by Gasteiger charge is 2.13. The van der Waals surface area contributed by atoms with Gasteiger partial charge in [-0.3, -0.25) is 9.48 Å².